The molecule has 0 unspecified atom stereocenters. The third kappa shape index (κ3) is 2.77. The minimum absolute atomic E-state index is 0.705. The summed E-state index contributed by atoms with van der Waals surface area (Å²) in [7, 11) is -1.56. The molecule has 1 aliphatic rings. The lowest BCUT2D eigenvalue weighted by molar-refractivity contribution is -0.336. The zero-order valence-corrected chi connectivity index (χ0v) is 6.00. The second kappa shape index (κ2) is 3.39. The maximum Gasteiger partial charge on any atom is 0.765 e. The standard InChI is InChI=1S/C2H5B2O8/c1-2(5)8-3-9-11-4(6,7)12-10-3/h6-7H,1H3/q-1. The lowest BCUT2D eigenvalue weighted by Crippen LogP contribution is -2.52. The first kappa shape index (κ1) is 9.45. The number of carbonyl (C=O) groups is 1. The van der Waals surface area contributed by atoms with Crippen LogP contribution in [0.4, 0.5) is 0 Å². The van der Waals surface area contributed by atoms with Crippen molar-refractivity contribution >= 4 is 20.2 Å². The third-order valence-electron chi connectivity index (χ3n) is 0.781. The smallest absolute Gasteiger partial charge is 0.531 e. The monoisotopic (exact) mass is 179 g/mol. The number of rotatable bonds is 1. The fourth-order valence-corrected chi connectivity index (χ4v) is 0.442. The van der Waals surface area contributed by atoms with E-state index in [4.69, 9.17) is 10.0 Å². The van der Waals surface area contributed by atoms with E-state index in [-0.39, 0.29) is 0 Å². The normalized spacial score (nSPS) is 22.1. The van der Waals surface area contributed by atoms with Crippen LogP contribution in [0.3, 0.4) is 0 Å². The molecule has 1 aliphatic heterocycles. The molecule has 1 heterocycles. The van der Waals surface area contributed by atoms with Gasteiger partial charge in [-0.15, -0.1) is 0 Å². The van der Waals surface area contributed by atoms with Crippen LogP contribution in [-0.2, 0) is 28.7 Å². The third-order valence-corrected chi connectivity index (χ3v) is 0.781. The Morgan fingerprint density at radius 2 is 1.92 bits per heavy atom. The van der Waals surface area contributed by atoms with Gasteiger partial charge in [0.25, 0.3) is 5.97 Å². The molecule has 0 spiro atoms. The molecule has 0 aromatic heterocycles. The van der Waals surface area contributed by atoms with Gasteiger partial charge < -0.3 is 24.3 Å². The molecule has 1 saturated heterocycles. The summed E-state index contributed by atoms with van der Waals surface area (Å²) in [4.78, 5) is 26.0. The molecule has 0 aromatic carbocycles. The first-order chi connectivity index (χ1) is 5.49. The molecule has 0 aliphatic carbocycles. The van der Waals surface area contributed by atoms with Gasteiger partial charge in [-0.1, -0.05) is 0 Å². The number of hydrogen-bond acceptors (Lipinski definition) is 8. The molecule has 0 amide bonds. The Hall–Kier alpha value is -0.640. The Morgan fingerprint density at radius 3 is 2.33 bits per heavy atom. The molecule has 12 heavy (non-hydrogen) atoms. The minimum atomic E-state index is -3.59. The summed E-state index contributed by atoms with van der Waals surface area (Å²) in [6.45, 7) is -2.49. The van der Waals surface area contributed by atoms with Crippen LogP contribution in [0.15, 0.2) is 0 Å². The van der Waals surface area contributed by atoms with Crippen LogP contribution in [0.5, 0.6) is 0 Å². The van der Waals surface area contributed by atoms with Gasteiger partial charge in [-0.2, -0.15) is 0 Å². The zero-order chi connectivity index (χ0) is 9.19. The van der Waals surface area contributed by atoms with Crippen molar-refractivity contribution in [3.8, 4) is 0 Å². The van der Waals surface area contributed by atoms with Crippen molar-refractivity contribution in [2.45, 2.75) is 6.92 Å². The average molecular weight is 179 g/mol. The second-order valence-electron chi connectivity index (χ2n) is 1.92. The number of carbonyl (C=O) groups excluding carboxylic acids is 1. The molecule has 0 radical (unpaired) electrons. The van der Waals surface area contributed by atoms with Crippen molar-refractivity contribution in [2.75, 3.05) is 0 Å². The Balaban J connectivity index is 2.31. The highest BCUT2D eigenvalue weighted by molar-refractivity contribution is 6.52. The largest absolute Gasteiger partial charge is 0.765 e. The predicted molar refractivity (Wildman–Crippen MR) is 32.1 cm³/mol. The fraction of sp³-hybridized carbons (Fsp3) is 0.500. The highest BCUT2D eigenvalue weighted by Crippen LogP contribution is 2.10. The molecule has 8 nitrogen and oxygen atoms in total. The van der Waals surface area contributed by atoms with Crippen molar-refractivity contribution in [1.29, 1.82) is 0 Å². The highest BCUT2D eigenvalue weighted by atomic mass is 17.4. The van der Waals surface area contributed by atoms with Crippen LogP contribution < -0.4 is 0 Å². The van der Waals surface area contributed by atoms with E-state index >= 15 is 0 Å². The summed E-state index contributed by atoms with van der Waals surface area (Å²) in [6, 6.07) is 0. The summed E-state index contributed by atoms with van der Waals surface area (Å²) in [5.41, 5.74) is 0. The van der Waals surface area contributed by atoms with Gasteiger partial charge in [-0.25, -0.2) is 0 Å². The van der Waals surface area contributed by atoms with Crippen molar-refractivity contribution in [3.63, 3.8) is 0 Å². The lowest BCUT2D eigenvalue weighted by Gasteiger charge is -2.32. The topological polar surface area (TPSA) is 104 Å². The molecular weight excluding hydrogens is 174 g/mol. The van der Waals surface area contributed by atoms with Gasteiger partial charge in [0.1, 0.15) is 0 Å². The van der Waals surface area contributed by atoms with E-state index in [0.29, 0.717) is 0 Å². The fourth-order valence-electron chi connectivity index (χ4n) is 0.442. The minimum Gasteiger partial charge on any atom is -0.531 e. The van der Waals surface area contributed by atoms with Gasteiger partial charge in [-0.05, 0) is 0 Å². The van der Waals surface area contributed by atoms with Crippen LogP contribution in [-0.4, -0.2) is 30.3 Å². The SMILES string of the molecule is CC(=O)OB1OO[B-](O)(O)OO1. The Labute approximate surface area is 67.0 Å². The summed E-state index contributed by atoms with van der Waals surface area (Å²) >= 11 is 0. The van der Waals surface area contributed by atoms with E-state index in [1.807, 2.05) is 0 Å². The molecular formula is C2H5B2O8-. The maximum absolute atomic E-state index is 10.3. The van der Waals surface area contributed by atoms with Crippen molar-refractivity contribution in [3.05, 3.63) is 0 Å². The second-order valence-corrected chi connectivity index (χ2v) is 1.92. The van der Waals surface area contributed by atoms with Gasteiger partial charge in [-0.3, -0.25) is 14.4 Å². The van der Waals surface area contributed by atoms with Crippen LogP contribution in [0.25, 0.3) is 0 Å². The maximum atomic E-state index is 10.3. The van der Waals surface area contributed by atoms with Gasteiger partial charge in [0.15, 0.2) is 0 Å². The van der Waals surface area contributed by atoms with Crippen LogP contribution >= 0.6 is 0 Å². The molecule has 1 rings (SSSR count). The lowest BCUT2D eigenvalue weighted by atomic mass is 10.1. The average Bonchev–Trinajstić information content (AvgIpc) is 1.93. The van der Waals surface area contributed by atoms with Gasteiger partial charge >= 0.3 is 14.3 Å². The van der Waals surface area contributed by atoms with Gasteiger partial charge in [0.05, 0.1) is 0 Å². The predicted octanol–water partition coefficient (Wildman–Crippen LogP) is -2.14. The van der Waals surface area contributed by atoms with Gasteiger partial charge in [0.2, 0.25) is 0 Å². The Bertz CT molecular complexity index is 170. The molecule has 10 heteroatoms. The van der Waals surface area contributed by atoms with E-state index < -0.39 is 20.2 Å². The van der Waals surface area contributed by atoms with E-state index in [1.54, 1.807) is 0 Å². The molecule has 0 saturated carbocycles. The molecule has 1 fully saturated rings. The van der Waals surface area contributed by atoms with Gasteiger partial charge in [0, 0.05) is 6.92 Å². The Kier molecular flexibility index (Phi) is 2.67. The summed E-state index contributed by atoms with van der Waals surface area (Å²) < 4.78 is 4.24. The summed E-state index contributed by atoms with van der Waals surface area (Å²) in [6.07, 6.45) is 0. The summed E-state index contributed by atoms with van der Waals surface area (Å²) in [5.74, 6) is -0.705. The molecule has 0 bridgehead atoms. The van der Waals surface area contributed by atoms with Crippen LogP contribution in [0, 0.1) is 0 Å². The van der Waals surface area contributed by atoms with E-state index in [1.165, 1.54) is 0 Å². The van der Waals surface area contributed by atoms with E-state index in [0.717, 1.165) is 6.92 Å². The van der Waals surface area contributed by atoms with E-state index in [2.05, 4.69) is 23.9 Å². The quantitative estimate of drug-likeness (QED) is 0.347. The molecule has 2 N–H and O–H groups in total. The van der Waals surface area contributed by atoms with Crippen LogP contribution in [0.2, 0.25) is 0 Å². The first-order valence-corrected chi connectivity index (χ1v) is 2.94. The van der Waals surface area contributed by atoms with E-state index in [9.17, 15) is 4.79 Å². The van der Waals surface area contributed by atoms with Crippen LogP contribution in [0.1, 0.15) is 6.92 Å². The first-order valence-electron chi connectivity index (χ1n) is 2.94. The van der Waals surface area contributed by atoms with Crippen molar-refractivity contribution < 1.29 is 38.7 Å². The Morgan fingerprint density at radius 1 is 1.42 bits per heavy atom. The molecule has 0 aromatic rings. The van der Waals surface area contributed by atoms with Crippen molar-refractivity contribution in [2.24, 2.45) is 0 Å². The molecule has 0 atom stereocenters. The summed E-state index contributed by atoms with van der Waals surface area (Å²) in [5, 5.41) is 17.0. The molecule has 68 valence electrons. The zero-order valence-electron chi connectivity index (χ0n) is 6.00. The highest BCUT2D eigenvalue weighted by Gasteiger charge is 2.41. The van der Waals surface area contributed by atoms with Crippen molar-refractivity contribution in [1.82, 2.24) is 0 Å². The number of hydrogen-bond donors (Lipinski definition) is 2.